The first-order chi connectivity index (χ1) is 14.7. The van der Waals surface area contributed by atoms with Gasteiger partial charge in [-0.15, -0.1) is 0 Å². The van der Waals surface area contributed by atoms with Gasteiger partial charge in [0.15, 0.2) is 5.79 Å². The molecule has 0 bridgehead atoms. The van der Waals surface area contributed by atoms with Crippen LogP contribution in [0.25, 0.3) is 0 Å². The van der Waals surface area contributed by atoms with Crippen LogP contribution in [0, 0.1) is 52.3 Å². The number of aliphatic hydroxyl groups excluding tert-OH is 1. The van der Waals surface area contributed by atoms with Crippen molar-refractivity contribution in [3.05, 3.63) is 0 Å². The lowest BCUT2D eigenvalue weighted by atomic mass is 9.43. The van der Waals surface area contributed by atoms with Crippen molar-refractivity contribution < 1.29 is 14.6 Å². The Morgan fingerprint density at radius 1 is 0.935 bits per heavy atom. The van der Waals surface area contributed by atoms with Gasteiger partial charge in [-0.1, -0.05) is 27.7 Å². The predicted octanol–water partition coefficient (Wildman–Crippen LogP) is 4.73. The highest BCUT2D eigenvalue weighted by molar-refractivity contribution is 5.18. The quantitative estimate of drug-likeness (QED) is 0.582. The van der Waals surface area contributed by atoms with Gasteiger partial charge in [-0.3, -0.25) is 0 Å². The molecule has 2 saturated heterocycles. The Morgan fingerprint density at radius 2 is 1.74 bits per heavy atom. The molecular formula is C27H45NO3. The summed E-state index contributed by atoms with van der Waals surface area (Å²) in [6, 6.07) is 0.250. The fourth-order valence-electron chi connectivity index (χ4n) is 10.3. The average molecular weight is 432 g/mol. The van der Waals surface area contributed by atoms with Crippen LogP contribution in [0.3, 0.4) is 0 Å². The van der Waals surface area contributed by atoms with Crippen molar-refractivity contribution in [2.75, 3.05) is 6.61 Å². The molecule has 1 spiro atoms. The lowest BCUT2D eigenvalue weighted by Crippen LogP contribution is -2.61. The van der Waals surface area contributed by atoms with Gasteiger partial charge in [-0.05, 0) is 91.8 Å². The first kappa shape index (κ1) is 21.4. The zero-order chi connectivity index (χ0) is 21.8. The number of rotatable bonds is 0. The van der Waals surface area contributed by atoms with E-state index in [1.165, 1.54) is 38.5 Å². The van der Waals surface area contributed by atoms with Gasteiger partial charge < -0.3 is 20.3 Å². The highest BCUT2D eigenvalue weighted by Crippen LogP contribution is 2.71. The summed E-state index contributed by atoms with van der Waals surface area (Å²) in [4.78, 5) is 0. The number of aliphatic hydroxyl groups is 1. The Kier molecular flexibility index (Phi) is 4.78. The molecule has 6 aliphatic rings. The maximum absolute atomic E-state index is 10.3. The Morgan fingerprint density at radius 3 is 2.48 bits per heavy atom. The van der Waals surface area contributed by atoms with Crippen LogP contribution in [0.15, 0.2) is 0 Å². The molecule has 3 N–H and O–H groups in total. The molecule has 0 aromatic heterocycles. The third kappa shape index (κ3) is 2.74. The number of hydrogen-bond donors (Lipinski definition) is 2. The second kappa shape index (κ2) is 6.93. The van der Waals surface area contributed by atoms with E-state index in [9.17, 15) is 5.11 Å². The zero-order valence-corrected chi connectivity index (χ0v) is 20.2. The Balaban J connectivity index is 1.29. The molecule has 6 fully saturated rings. The molecule has 176 valence electrons. The van der Waals surface area contributed by atoms with Gasteiger partial charge in [0.2, 0.25) is 0 Å². The third-order valence-corrected chi connectivity index (χ3v) is 12.1. The minimum Gasteiger partial charge on any atom is -0.393 e. The molecule has 4 heteroatoms. The summed E-state index contributed by atoms with van der Waals surface area (Å²) in [7, 11) is 0. The van der Waals surface area contributed by atoms with Crippen LogP contribution in [0.2, 0.25) is 0 Å². The highest BCUT2D eigenvalue weighted by atomic mass is 16.7. The highest BCUT2D eigenvalue weighted by Gasteiger charge is 2.71. The van der Waals surface area contributed by atoms with E-state index >= 15 is 0 Å². The zero-order valence-electron chi connectivity index (χ0n) is 20.2. The number of nitrogens with two attached hydrogens (primary N) is 1. The molecule has 0 aromatic carbocycles. The first-order valence-electron chi connectivity index (χ1n) is 13.4. The molecule has 6 rings (SSSR count). The summed E-state index contributed by atoms with van der Waals surface area (Å²) in [5.41, 5.74) is 7.72. The summed E-state index contributed by atoms with van der Waals surface area (Å²) < 4.78 is 13.4. The van der Waals surface area contributed by atoms with Crippen LogP contribution in [-0.2, 0) is 9.47 Å². The van der Waals surface area contributed by atoms with Crippen molar-refractivity contribution >= 4 is 0 Å². The Hall–Kier alpha value is -0.160. The summed E-state index contributed by atoms with van der Waals surface area (Å²) in [6.45, 7) is 10.6. The lowest BCUT2D eigenvalue weighted by molar-refractivity contribution is -0.273. The third-order valence-electron chi connectivity index (χ3n) is 12.1. The predicted molar refractivity (Wildman–Crippen MR) is 121 cm³/mol. The molecule has 13 atom stereocenters. The largest absolute Gasteiger partial charge is 0.393 e. The van der Waals surface area contributed by atoms with E-state index in [4.69, 9.17) is 15.2 Å². The summed E-state index contributed by atoms with van der Waals surface area (Å²) in [5.74, 6) is 4.13. The Labute approximate surface area is 189 Å². The van der Waals surface area contributed by atoms with Crippen LogP contribution in [-0.4, -0.2) is 35.8 Å². The number of fused-ring (bicyclic) bond motifs is 7. The molecule has 0 aromatic rings. The number of hydrogen-bond acceptors (Lipinski definition) is 4. The van der Waals surface area contributed by atoms with E-state index in [-0.39, 0.29) is 23.3 Å². The molecule has 0 amide bonds. The van der Waals surface area contributed by atoms with Gasteiger partial charge in [0.25, 0.3) is 0 Å². The summed E-state index contributed by atoms with van der Waals surface area (Å²) in [5, 5.41) is 10.3. The van der Waals surface area contributed by atoms with Crippen LogP contribution < -0.4 is 5.73 Å². The first-order valence-corrected chi connectivity index (χ1v) is 13.4. The summed E-state index contributed by atoms with van der Waals surface area (Å²) >= 11 is 0. The summed E-state index contributed by atoms with van der Waals surface area (Å²) in [6.07, 6.45) is 10.7. The van der Waals surface area contributed by atoms with Crippen molar-refractivity contribution in [2.45, 2.75) is 110 Å². The van der Waals surface area contributed by atoms with Crippen molar-refractivity contribution in [2.24, 2.45) is 58.0 Å². The second-order valence-corrected chi connectivity index (χ2v) is 13.3. The van der Waals surface area contributed by atoms with Crippen LogP contribution >= 0.6 is 0 Å². The van der Waals surface area contributed by atoms with E-state index in [2.05, 4.69) is 27.7 Å². The lowest BCUT2D eigenvalue weighted by Gasteiger charge is -2.62. The van der Waals surface area contributed by atoms with Crippen molar-refractivity contribution in [3.8, 4) is 0 Å². The van der Waals surface area contributed by atoms with Gasteiger partial charge >= 0.3 is 0 Å². The second-order valence-electron chi connectivity index (χ2n) is 13.3. The molecule has 2 heterocycles. The van der Waals surface area contributed by atoms with E-state index in [0.717, 1.165) is 37.7 Å². The monoisotopic (exact) mass is 431 g/mol. The standard InChI is InChI=1S/C27H45NO3/c1-15-7-10-27(30-14-15)16(2)24-22(31-27)12-21-19-6-5-17-11-18(29)8-9-25(17,3)20(19)13-23(28)26(21,24)4/h15-24,29H,5-14,28H2,1-4H3/t15-,16-,17-,18+,19+,20-,21-,22-,23-,24-,25-,26+,27+/m0/s1. The fraction of sp³-hybridized carbons (Fsp3) is 1.00. The molecule has 31 heavy (non-hydrogen) atoms. The normalized spacial score (nSPS) is 63.3. The molecule has 2 aliphatic heterocycles. The molecule has 4 nitrogen and oxygen atoms in total. The smallest absolute Gasteiger partial charge is 0.171 e. The number of ether oxygens (including phenoxy) is 2. The van der Waals surface area contributed by atoms with Crippen LogP contribution in [0.1, 0.15) is 85.5 Å². The van der Waals surface area contributed by atoms with Gasteiger partial charge in [0.1, 0.15) is 0 Å². The minimum absolute atomic E-state index is 0.0772. The molecule has 4 saturated carbocycles. The van der Waals surface area contributed by atoms with Gasteiger partial charge in [0, 0.05) is 24.3 Å². The average Bonchev–Trinajstić information content (AvgIpc) is 3.18. The Bertz CT molecular complexity index is 719. The van der Waals surface area contributed by atoms with Crippen molar-refractivity contribution in [3.63, 3.8) is 0 Å². The van der Waals surface area contributed by atoms with E-state index < -0.39 is 0 Å². The van der Waals surface area contributed by atoms with Crippen LogP contribution in [0.4, 0.5) is 0 Å². The molecular weight excluding hydrogens is 386 g/mol. The maximum atomic E-state index is 10.3. The van der Waals surface area contributed by atoms with Crippen molar-refractivity contribution in [1.82, 2.24) is 0 Å². The fourth-order valence-corrected chi connectivity index (χ4v) is 10.3. The molecule has 4 aliphatic carbocycles. The molecule has 0 radical (unpaired) electrons. The molecule has 0 unspecified atom stereocenters. The minimum atomic E-state index is -0.352. The maximum Gasteiger partial charge on any atom is 0.171 e. The topological polar surface area (TPSA) is 64.7 Å². The van der Waals surface area contributed by atoms with Gasteiger partial charge in [-0.2, -0.15) is 0 Å². The van der Waals surface area contributed by atoms with E-state index in [0.29, 0.717) is 41.1 Å². The van der Waals surface area contributed by atoms with E-state index in [1.54, 1.807) is 0 Å². The van der Waals surface area contributed by atoms with Crippen molar-refractivity contribution in [1.29, 1.82) is 0 Å². The SMILES string of the molecule is C[C@H]1CC[C@@]2(OC1)O[C@H]1C[C@H]3[C@@H]4CC[C@H]5C[C@H](O)CC[C@]5(C)[C@H]4C[C@H](N)[C@]3(C)[C@H]1[C@@H]2C. The van der Waals surface area contributed by atoms with Gasteiger partial charge in [0.05, 0.1) is 18.8 Å². The van der Waals surface area contributed by atoms with Gasteiger partial charge in [-0.25, -0.2) is 0 Å². The van der Waals surface area contributed by atoms with Crippen LogP contribution in [0.5, 0.6) is 0 Å². The van der Waals surface area contributed by atoms with E-state index in [1.807, 2.05) is 0 Å².